The summed E-state index contributed by atoms with van der Waals surface area (Å²) in [5.74, 6) is -2.46. The minimum atomic E-state index is -4.80. The third-order valence-corrected chi connectivity index (χ3v) is 6.00. The van der Waals surface area contributed by atoms with Crippen LogP contribution in [0.3, 0.4) is 0 Å². The van der Waals surface area contributed by atoms with E-state index in [1.165, 1.54) is 83.5 Å². The van der Waals surface area contributed by atoms with Crippen LogP contribution in [0.4, 0.5) is 17.6 Å². The summed E-state index contributed by atoms with van der Waals surface area (Å²) < 4.78 is 57.6. The summed E-state index contributed by atoms with van der Waals surface area (Å²) in [6, 6.07) is 2.46. The molecule has 1 aromatic rings. The summed E-state index contributed by atoms with van der Waals surface area (Å²) in [4.78, 5) is 11.9. The van der Waals surface area contributed by atoms with E-state index in [2.05, 4.69) is 6.92 Å². The zero-order valence-electron chi connectivity index (χ0n) is 20.3. The van der Waals surface area contributed by atoms with E-state index in [9.17, 15) is 22.4 Å². The highest BCUT2D eigenvalue weighted by atomic mass is 19.4. The first-order valence-electron chi connectivity index (χ1n) is 12.9. The Balaban J connectivity index is 1.97. The highest BCUT2D eigenvalue weighted by Gasteiger charge is 2.37. The molecule has 0 heterocycles. The number of hydrogen-bond acceptors (Lipinski definition) is 2. The second-order valence-corrected chi connectivity index (χ2v) is 8.95. The molecule has 1 rings (SSSR count). The van der Waals surface area contributed by atoms with E-state index in [-0.39, 0.29) is 6.61 Å². The highest BCUT2D eigenvalue weighted by Crippen LogP contribution is 2.33. The monoisotopic (exact) mass is 474 g/mol. The zero-order valence-corrected chi connectivity index (χ0v) is 20.3. The molecule has 2 nitrogen and oxygen atoms in total. The Morgan fingerprint density at radius 3 is 1.58 bits per heavy atom. The number of unbranched alkanes of at least 4 members (excludes halogenated alkanes) is 16. The van der Waals surface area contributed by atoms with Gasteiger partial charge in [-0.05, 0) is 18.6 Å². The van der Waals surface area contributed by atoms with E-state index >= 15 is 0 Å². The number of carbonyl (C=O) groups excluding carboxylic acids is 1. The molecule has 0 bridgehead atoms. The van der Waals surface area contributed by atoms with Crippen molar-refractivity contribution in [3.63, 3.8) is 0 Å². The van der Waals surface area contributed by atoms with Crippen LogP contribution in [0.5, 0.6) is 0 Å². The van der Waals surface area contributed by atoms with Crippen molar-refractivity contribution in [1.82, 2.24) is 0 Å². The Kier molecular flexibility index (Phi) is 15.9. The van der Waals surface area contributed by atoms with Crippen LogP contribution in [0.2, 0.25) is 0 Å². The molecule has 0 aliphatic heterocycles. The van der Waals surface area contributed by atoms with Gasteiger partial charge in [0.25, 0.3) is 0 Å². The summed E-state index contributed by atoms with van der Waals surface area (Å²) >= 11 is 0. The molecule has 0 saturated carbocycles. The van der Waals surface area contributed by atoms with Crippen molar-refractivity contribution in [1.29, 1.82) is 0 Å². The first-order valence-corrected chi connectivity index (χ1v) is 12.9. The second kappa shape index (κ2) is 17.8. The standard InChI is InChI=1S/C27H42F4O2/c1-2-3-4-5-6-7-8-9-10-11-12-13-14-15-16-17-18-22-33-26(32)25-23(27(29,30)31)20-19-21-24(25)28/h19-21H,2-18,22H2,1H3. The SMILES string of the molecule is CCCCCCCCCCCCCCCCCCCOC(=O)c1c(F)cccc1C(F)(F)F. The number of carbonyl (C=O) groups is 1. The largest absolute Gasteiger partial charge is 0.462 e. The van der Waals surface area contributed by atoms with Crippen molar-refractivity contribution in [2.75, 3.05) is 6.61 Å². The third-order valence-electron chi connectivity index (χ3n) is 6.00. The normalized spacial score (nSPS) is 11.7. The second-order valence-electron chi connectivity index (χ2n) is 8.95. The molecule has 0 atom stereocenters. The van der Waals surface area contributed by atoms with Gasteiger partial charge in [0.15, 0.2) is 0 Å². The number of halogens is 4. The maximum Gasteiger partial charge on any atom is 0.417 e. The fourth-order valence-corrected chi connectivity index (χ4v) is 4.03. The smallest absolute Gasteiger partial charge is 0.417 e. The lowest BCUT2D eigenvalue weighted by Crippen LogP contribution is -2.17. The van der Waals surface area contributed by atoms with Crippen molar-refractivity contribution < 1.29 is 27.1 Å². The molecule has 0 aromatic heterocycles. The Bertz CT molecular complexity index is 643. The van der Waals surface area contributed by atoms with Crippen LogP contribution >= 0.6 is 0 Å². The molecule has 0 radical (unpaired) electrons. The van der Waals surface area contributed by atoms with Gasteiger partial charge in [-0.2, -0.15) is 13.2 Å². The van der Waals surface area contributed by atoms with Crippen molar-refractivity contribution in [2.24, 2.45) is 0 Å². The number of hydrogen-bond donors (Lipinski definition) is 0. The van der Waals surface area contributed by atoms with Crippen LogP contribution in [0.25, 0.3) is 0 Å². The fourth-order valence-electron chi connectivity index (χ4n) is 4.03. The van der Waals surface area contributed by atoms with Crippen LogP contribution in [-0.4, -0.2) is 12.6 Å². The Hall–Kier alpha value is -1.59. The Morgan fingerprint density at radius 2 is 1.15 bits per heavy atom. The van der Waals surface area contributed by atoms with Gasteiger partial charge in [0.1, 0.15) is 11.4 Å². The summed E-state index contributed by atoms with van der Waals surface area (Å²) in [5.41, 5.74) is -2.33. The number of benzene rings is 1. The number of esters is 1. The van der Waals surface area contributed by atoms with Gasteiger partial charge in [0.05, 0.1) is 12.2 Å². The van der Waals surface area contributed by atoms with Gasteiger partial charge in [0.2, 0.25) is 0 Å². The van der Waals surface area contributed by atoms with Crippen molar-refractivity contribution in [3.8, 4) is 0 Å². The van der Waals surface area contributed by atoms with E-state index in [0.717, 1.165) is 31.4 Å². The van der Waals surface area contributed by atoms with Crippen LogP contribution in [0, 0.1) is 5.82 Å². The lowest BCUT2D eigenvalue weighted by molar-refractivity contribution is -0.138. The summed E-state index contributed by atoms with van der Waals surface area (Å²) in [6.45, 7) is 2.25. The number of rotatable bonds is 19. The molecule has 1 aromatic carbocycles. The third kappa shape index (κ3) is 13.6. The Morgan fingerprint density at radius 1 is 0.727 bits per heavy atom. The molecule has 0 aliphatic rings. The summed E-state index contributed by atoms with van der Waals surface area (Å²) in [6.07, 6.45) is 16.0. The zero-order chi connectivity index (χ0) is 24.4. The molecule has 190 valence electrons. The molecular weight excluding hydrogens is 432 g/mol. The van der Waals surface area contributed by atoms with E-state index in [1.54, 1.807) is 0 Å². The van der Waals surface area contributed by atoms with E-state index in [0.29, 0.717) is 12.5 Å². The molecule has 0 aliphatic carbocycles. The van der Waals surface area contributed by atoms with Gasteiger partial charge in [-0.1, -0.05) is 116 Å². The first kappa shape index (κ1) is 29.4. The molecule has 33 heavy (non-hydrogen) atoms. The lowest BCUT2D eigenvalue weighted by atomic mass is 10.0. The van der Waals surface area contributed by atoms with E-state index < -0.39 is 29.1 Å². The first-order chi connectivity index (χ1) is 15.9. The maximum absolute atomic E-state index is 13.8. The number of alkyl halides is 3. The van der Waals surface area contributed by atoms with Gasteiger partial charge < -0.3 is 4.74 Å². The minimum absolute atomic E-state index is 0.00304. The van der Waals surface area contributed by atoms with Gasteiger partial charge in [-0.15, -0.1) is 0 Å². The Labute approximate surface area is 197 Å². The van der Waals surface area contributed by atoms with Gasteiger partial charge >= 0.3 is 12.1 Å². The predicted molar refractivity (Wildman–Crippen MR) is 126 cm³/mol. The van der Waals surface area contributed by atoms with Crippen LogP contribution in [0.15, 0.2) is 18.2 Å². The van der Waals surface area contributed by atoms with Gasteiger partial charge in [-0.3, -0.25) is 0 Å². The quantitative estimate of drug-likeness (QED) is 0.113. The van der Waals surface area contributed by atoms with Gasteiger partial charge in [0, 0.05) is 0 Å². The predicted octanol–water partition coefficient (Wildman–Crippen LogP) is 9.65. The molecular formula is C27H42F4O2. The minimum Gasteiger partial charge on any atom is -0.462 e. The maximum atomic E-state index is 13.8. The lowest BCUT2D eigenvalue weighted by Gasteiger charge is -2.13. The van der Waals surface area contributed by atoms with E-state index in [1.807, 2.05) is 0 Å². The van der Waals surface area contributed by atoms with Crippen molar-refractivity contribution in [2.45, 2.75) is 122 Å². The summed E-state index contributed by atoms with van der Waals surface area (Å²) in [7, 11) is 0. The molecule has 0 unspecified atom stereocenters. The molecule has 0 spiro atoms. The molecule has 6 heteroatoms. The highest BCUT2D eigenvalue weighted by molar-refractivity contribution is 5.91. The molecule has 0 N–H and O–H groups in total. The van der Waals surface area contributed by atoms with Crippen LogP contribution < -0.4 is 0 Å². The van der Waals surface area contributed by atoms with Gasteiger partial charge in [-0.25, -0.2) is 9.18 Å². The van der Waals surface area contributed by atoms with Crippen LogP contribution in [0.1, 0.15) is 132 Å². The molecule has 0 amide bonds. The van der Waals surface area contributed by atoms with Crippen LogP contribution in [-0.2, 0) is 10.9 Å². The average molecular weight is 475 g/mol. The molecule has 0 fully saturated rings. The van der Waals surface area contributed by atoms with Crippen molar-refractivity contribution in [3.05, 3.63) is 35.1 Å². The average Bonchev–Trinajstić information content (AvgIpc) is 2.77. The topological polar surface area (TPSA) is 26.3 Å². The molecule has 0 saturated heterocycles. The summed E-state index contributed by atoms with van der Waals surface area (Å²) in [5, 5.41) is 0. The van der Waals surface area contributed by atoms with Crippen molar-refractivity contribution >= 4 is 5.97 Å². The number of ether oxygens (including phenoxy) is 1. The van der Waals surface area contributed by atoms with E-state index in [4.69, 9.17) is 4.74 Å². The fraction of sp³-hybridized carbons (Fsp3) is 0.741.